The van der Waals surface area contributed by atoms with Gasteiger partial charge in [0, 0.05) is 0 Å². The average molecular weight is 170 g/mol. The number of hydrogen-bond donors (Lipinski definition) is 0. The van der Waals surface area contributed by atoms with Crippen LogP contribution in [0.5, 0.6) is 0 Å². The molecule has 0 aliphatic carbocycles. The van der Waals surface area contributed by atoms with Gasteiger partial charge in [0.1, 0.15) is 5.00 Å². The van der Waals surface area contributed by atoms with Gasteiger partial charge >= 0.3 is 5.97 Å². The number of carbonyl (C=O) groups is 1. The van der Waals surface area contributed by atoms with E-state index in [1.54, 1.807) is 0 Å². The van der Waals surface area contributed by atoms with Crippen molar-refractivity contribution in [2.24, 2.45) is 4.99 Å². The van der Waals surface area contributed by atoms with Gasteiger partial charge < -0.3 is 4.74 Å². The molecule has 0 bridgehead atoms. The summed E-state index contributed by atoms with van der Waals surface area (Å²) < 4.78 is 4.45. The molecule has 0 atom stereocenters. The van der Waals surface area contributed by atoms with E-state index in [4.69, 9.17) is 0 Å². The first-order valence-electron chi connectivity index (χ1n) is 2.78. The fourth-order valence-corrected chi connectivity index (χ4v) is 1.17. The van der Waals surface area contributed by atoms with Crippen molar-refractivity contribution >= 4 is 29.0 Å². The number of rotatable bonds is 2. The first-order valence-corrected chi connectivity index (χ1v) is 3.66. The molecule has 1 aromatic rings. The Balaban J connectivity index is 3.01. The second kappa shape index (κ2) is 3.25. The minimum atomic E-state index is -0.478. The van der Waals surface area contributed by atoms with Crippen LogP contribution in [0.15, 0.2) is 10.5 Å². The van der Waals surface area contributed by atoms with Crippen molar-refractivity contribution in [3.05, 3.63) is 11.2 Å². The topological polar surface area (TPSA) is 51.5 Å². The van der Waals surface area contributed by atoms with Gasteiger partial charge in [0.15, 0.2) is 5.69 Å². The molecule has 0 fully saturated rings. The Bertz CT molecular complexity index is 282. The minimum absolute atomic E-state index is 0.229. The molecule has 58 valence electrons. The van der Waals surface area contributed by atoms with Crippen LogP contribution in [-0.2, 0) is 4.74 Å². The first-order chi connectivity index (χ1) is 5.29. The molecule has 1 aromatic heterocycles. The molecule has 5 heteroatoms. The molecule has 0 aliphatic rings. The lowest BCUT2D eigenvalue weighted by Gasteiger charge is -1.93. The van der Waals surface area contributed by atoms with Crippen LogP contribution in [0, 0.1) is 0 Å². The Morgan fingerprint density at radius 3 is 3.18 bits per heavy atom. The van der Waals surface area contributed by atoms with E-state index < -0.39 is 5.97 Å². The average Bonchev–Trinajstić information content (AvgIpc) is 2.50. The van der Waals surface area contributed by atoms with Crippen molar-refractivity contribution in [3.8, 4) is 0 Å². The van der Waals surface area contributed by atoms with Gasteiger partial charge in [0.2, 0.25) is 0 Å². The monoisotopic (exact) mass is 170 g/mol. The molecular formula is C6H6N2O2S. The summed E-state index contributed by atoms with van der Waals surface area (Å²) in [6.45, 7) is 3.29. The van der Waals surface area contributed by atoms with Gasteiger partial charge in [-0.15, -0.1) is 11.3 Å². The summed E-state index contributed by atoms with van der Waals surface area (Å²) in [7, 11) is 1.30. The third-order valence-electron chi connectivity index (χ3n) is 1.07. The largest absolute Gasteiger partial charge is 0.464 e. The molecule has 0 amide bonds. The summed E-state index contributed by atoms with van der Waals surface area (Å²) in [6.07, 6.45) is 0. The van der Waals surface area contributed by atoms with Crippen LogP contribution in [0.3, 0.4) is 0 Å². The van der Waals surface area contributed by atoms with E-state index in [1.165, 1.54) is 24.0 Å². The SMILES string of the molecule is C=Nc1scnc1C(=O)OC. The Morgan fingerprint density at radius 2 is 2.64 bits per heavy atom. The highest BCUT2D eigenvalue weighted by Gasteiger charge is 2.13. The summed E-state index contributed by atoms with van der Waals surface area (Å²) >= 11 is 1.25. The number of hydrogen-bond acceptors (Lipinski definition) is 5. The maximum atomic E-state index is 10.9. The van der Waals surface area contributed by atoms with Crippen LogP contribution >= 0.6 is 11.3 Å². The number of aliphatic imine (C=N–C) groups is 1. The summed E-state index contributed by atoms with van der Waals surface area (Å²) in [5, 5.41) is 0.497. The standard InChI is InChI=1S/C6H6N2O2S/c1-7-5-4(6(9)10-2)8-3-11-5/h3H,1H2,2H3. The molecule has 0 saturated carbocycles. The second-order valence-corrected chi connectivity index (χ2v) is 2.49. The molecule has 4 nitrogen and oxygen atoms in total. The third kappa shape index (κ3) is 1.43. The fourth-order valence-electron chi connectivity index (χ4n) is 0.589. The minimum Gasteiger partial charge on any atom is -0.464 e. The van der Waals surface area contributed by atoms with E-state index >= 15 is 0 Å². The van der Waals surface area contributed by atoms with Crippen molar-refractivity contribution in [2.75, 3.05) is 7.11 Å². The van der Waals surface area contributed by atoms with E-state index in [1.807, 2.05) is 0 Å². The summed E-state index contributed by atoms with van der Waals surface area (Å²) in [6, 6.07) is 0. The Hall–Kier alpha value is -1.23. The number of ether oxygens (including phenoxy) is 1. The number of esters is 1. The molecule has 0 unspecified atom stereocenters. The van der Waals surface area contributed by atoms with Crippen LogP contribution in [0.1, 0.15) is 10.5 Å². The molecule has 1 heterocycles. The van der Waals surface area contributed by atoms with Gasteiger partial charge in [0.05, 0.1) is 12.6 Å². The number of thiazole rings is 1. The Labute approximate surface area is 67.6 Å². The lowest BCUT2D eigenvalue weighted by Crippen LogP contribution is -2.01. The van der Waals surface area contributed by atoms with Crippen LogP contribution in [0.2, 0.25) is 0 Å². The Kier molecular flexibility index (Phi) is 2.32. The lowest BCUT2D eigenvalue weighted by molar-refractivity contribution is 0.0596. The molecule has 0 aromatic carbocycles. The maximum absolute atomic E-state index is 10.9. The van der Waals surface area contributed by atoms with Crippen LogP contribution in [0.25, 0.3) is 0 Å². The second-order valence-electron chi connectivity index (χ2n) is 1.66. The quantitative estimate of drug-likeness (QED) is 0.496. The molecular weight excluding hydrogens is 164 g/mol. The lowest BCUT2D eigenvalue weighted by atomic mass is 10.5. The zero-order valence-corrected chi connectivity index (χ0v) is 6.72. The predicted octanol–water partition coefficient (Wildman–Crippen LogP) is 1.26. The van der Waals surface area contributed by atoms with Crippen LogP contribution in [-0.4, -0.2) is 24.8 Å². The van der Waals surface area contributed by atoms with Crippen molar-refractivity contribution in [1.29, 1.82) is 0 Å². The molecule has 0 N–H and O–H groups in total. The molecule has 0 spiro atoms. The third-order valence-corrected chi connectivity index (χ3v) is 1.83. The van der Waals surface area contributed by atoms with Crippen molar-refractivity contribution in [1.82, 2.24) is 4.98 Å². The molecule has 11 heavy (non-hydrogen) atoms. The molecule has 0 radical (unpaired) electrons. The van der Waals surface area contributed by atoms with Gasteiger partial charge in [-0.2, -0.15) is 0 Å². The van der Waals surface area contributed by atoms with Crippen LogP contribution < -0.4 is 0 Å². The van der Waals surface area contributed by atoms with Gasteiger partial charge in [-0.1, -0.05) is 0 Å². The summed E-state index contributed by atoms with van der Waals surface area (Å²) in [4.78, 5) is 18.3. The maximum Gasteiger partial charge on any atom is 0.359 e. The molecule has 0 saturated heterocycles. The van der Waals surface area contributed by atoms with Crippen molar-refractivity contribution in [2.45, 2.75) is 0 Å². The van der Waals surface area contributed by atoms with Gasteiger partial charge in [-0.05, 0) is 6.72 Å². The highest BCUT2D eigenvalue weighted by atomic mass is 32.1. The zero-order chi connectivity index (χ0) is 8.27. The van der Waals surface area contributed by atoms with Crippen molar-refractivity contribution in [3.63, 3.8) is 0 Å². The predicted molar refractivity (Wildman–Crippen MR) is 42.7 cm³/mol. The fraction of sp³-hybridized carbons (Fsp3) is 0.167. The first kappa shape index (κ1) is 7.87. The van der Waals surface area contributed by atoms with Crippen molar-refractivity contribution < 1.29 is 9.53 Å². The number of methoxy groups -OCH3 is 1. The van der Waals surface area contributed by atoms with E-state index in [-0.39, 0.29) is 5.69 Å². The highest BCUT2D eigenvalue weighted by molar-refractivity contribution is 7.13. The Morgan fingerprint density at radius 1 is 1.91 bits per heavy atom. The van der Waals surface area contributed by atoms with Gasteiger partial charge in [-0.25, -0.2) is 9.78 Å². The zero-order valence-electron chi connectivity index (χ0n) is 5.90. The number of nitrogens with zero attached hydrogens (tertiary/aromatic N) is 2. The van der Waals surface area contributed by atoms with Crippen LogP contribution in [0.4, 0.5) is 5.00 Å². The van der Waals surface area contributed by atoms with Gasteiger partial charge in [-0.3, -0.25) is 4.99 Å². The van der Waals surface area contributed by atoms with Gasteiger partial charge in [0.25, 0.3) is 0 Å². The number of carbonyl (C=O) groups excluding carboxylic acids is 1. The van der Waals surface area contributed by atoms with E-state index in [9.17, 15) is 4.79 Å². The van der Waals surface area contributed by atoms with E-state index in [0.717, 1.165) is 0 Å². The molecule has 1 rings (SSSR count). The highest BCUT2D eigenvalue weighted by Crippen LogP contribution is 2.23. The summed E-state index contributed by atoms with van der Waals surface area (Å²) in [5.74, 6) is -0.478. The summed E-state index contributed by atoms with van der Waals surface area (Å²) in [5.41, 5.74) is 1.75. The number of aromatic nitrogens is 1. The smallest absolute Gasteiger partial charge is 0.359 e. The normalized spacial score (nSPS) is 9.18. The molecule has 0 aliphatic heterocycles. The van der Waals surface area contributed by atoms with E-state index in [2.05, 4.69) is 21.4 Å². The van der Waals surface area contributed by atoms with E-state index in [0.29, 0.717) is 5.00 Å².